The molecule has 2 rings (SSSR count). The lowest BCUT2D eigenvalue weighted by Gasteiger charge is -2.01. The Bertz CT molecular complexity index is 599. The number of hydrogen-bond donors (Lipinski definition) is 0. The highest BCUT2D eigenvalue weighted by Gasteiger charge is 2.14. The van der Waals surface area contributed by atoms with Crippen molar-refractivity contribution in [1.82, 2.24) is 4.57 Å². The van der Waals surface area contributed by atoms with Crippen LogP contribution in [-0.4, -0.2) is 15.4 Å². The van der Waals surface area contributed by atoms with E-state index in [0.29, 0.717) is 11.1 Å². The number of fused-ring (bicyclic) bond motifs is 1. The molecule has 5 nitrogen and oxygen atoms in total. The van der Waals surface area contributed by atoms with Gasteiger partial charge in [-0.05, 0) is 19.1 Å². The van der Waals surface area contributed by atoms with E-state index in [2.05, 4.69) is 0 Å². The first-order valence-electron chi connectivity index (χ1n) is 4.78. The highest BCUT2D eigenvalue weighted by atomic mass is 16.6. The van der Waals surface area contributed by atoms with E-state index in [4.69, 9.17) is 0 Å². The lowest BCUT2D eigenvalue weighted by atomic mass is 10.1. The average molecular weight is 218 g/mol. The van der Waals surface area contributed by atoms with Crippen LogP contribution in [0.1, 0.15) is 17.3 Å². The Hall–Kier alpha value is -2.17. The fraction of sp³-hybridized carbons (Fsp3) is 0.182. The number of rotatable bonds is 1. The van der Waals surface area contributed by atoms with E-state index in [1.807, 2.05) is 0 Å². The minimum Gasteiger partial charge on any atom is -0.287 e. The first-order chi connectivity index (χ1) is 7.50. The van der Waals surface area contributed by atoms with Crippen molar-refractivity contribution in [2.75, 3.05) is 0 Å². The van der Waals surface area contributed by atoms with Crippen LogP contribution in [0, 0.1) is 17.0 Å². The SMILES string of the molecule is CC(=O)n1ccc2cc(C)c([N+](=O)[O-])cc21. The van der Waals surface area contributed by atoms with E-state index in [-0.39, 0.29) is 11.6 Å². The number of aromatic nitrogens is 1. The first kappa shape index (κ1) is 10.4. The van der Waals surface area contributed by atoms with Crippen molar-refractivity contribution in [2.24, 2.45) is 0 Å². The molecule has 1 aromatic carbocycles. The molecule has 16 heavy (non-hydrogen) atoms. The van der Waals surface area contributed by atoms with Gasteiger partial charge >= 0.3 is 0 Å². The summed E-state index contributed by atoms with van der Waals surface area (Å²) in [5.41, 5.74) is 1.21. The first-order valence-corrected chi connectivity index (χ1v) is 4.78. The maximum Gasteiger partial charge on any atom is 0.274 e. The van der Waals surface area contributed by atoms with E-state index >= 15 is 0 Å². The third kappa shape index (κ3) is 1.46. The number of hydrogen-bond acceptors (Lipinski definition) is 3. The van der Waals surface area contributed by atoms with Crippen LogP contribution in [0.4, 0.5) is 5.69 Å². The molecule has 5 heteroatoms. The van der Waals surface area contributed by atoms with Crippen molar-refractivity contribution >= 4 is 22.5 Å². The van der Waals surface area contributed by atoms with Crippen molar-refractivity contribution < 1.29 is 9.72 Å². The van der Waals surface area contributed by atoms with Gasteiger partial charge in [0.1, 0.15) is 0 Å². The molecule has 0 aliphatic heterocycles. The van der Waals surface area contributed by atoms with Crippen LogP contribution < -0.4 is 0 Å². The van der Waals surface area contributed by atoms with E-state index in [1.165, 1.54) is 17.6 Å². The minimum atomic E-state index is -0.438. The van der Waals surface area contributed by atoms with Gasteiger partial charge < -0.3 is 0 Å². The van der Waals surface area contributed by atoms with Gasteiger partial charge in [0, 0.05) is 30.1 Å². The number of nitro benzene ring substituents is 1. The van der Waals surface area contributed by atoms with Crippen LogP contribution in [0.25, 0.3) is 10.9 Å². The van der Waals surface area contributed by atoms with Gasteiger partial charge in [0.05, 0.1) is 10.4 Å². The van der Waals surface area contributed by atoms with Gasteiger partial charge in [0.2, 0.25) is 5.91 Å². The summed E-state index contributed by atoms with van der Waals surface area (Å²) in [6, 6.07) is 4.92. The Kier molecular flexibility index (Phi) is 2.23. The topological polar surface area (TPSA) is 65.1 Å². The van der Waals surface area contributed by atoms with Gasteiger partial charge in [0.25, 0.3) is 5.69 Å². The Morgan fingerprint density at radius 1 is 1.44 bits per heavy atom. The molecular formula is C11H10N2O3. The number of carbonyl (C=O) groups is 1. The smallest absolute Gasteiger partial charge is 0.274 e. The molecule has 0 aliphatic carbocycles. The molecule has 0 saturated heterocycles. The molecule has 1 aromatic heterocycles. The van der Waals surface area contributed by atoms with Crippen molar-refractivity contribution in [3.05, 3.63) is 40.1 Å². The van der Waals surface area contributed by atoms with Crippen molar-refractivity contribution in [1.29, 1.82) is 0 Å². The average Bonchev–Trinajstić information content (AvgIpc) is 2.58. The fourth-order valence-electron chi connectivity index (χ4n) is 1.76. The second kappa shape index (κ2) is 3.44. The Morgan fingerprint density at radius 2 is 2.12 bits per heavy atom. The Balaban J connectivity index is 2.79. The molecule has 82 valence electrons. The molecule has 0 bridgehead atoms. The van der Waals surface area contributed by atoms with Gasteiger partial charge in [-0.3, -0.25) is 19.5 Å². The molecule has 0 amide bonds. The Morgan fingerprint density at radius 3 is 2.69 bits per heavy atom. The highest BCUT2D eigenvalue weighted by Crippen LogP contribution is 2.25. The zero-order valence-electron chi connectivity index (χ0n) is 8.93. The summed E-state index contributed by atoms with van der Waals surface area (Å²) in [6.07, 6.45) is 1.62. The Labute approximate surface area is 91.4 Å². The van der Waals surface area contributed by atoms with Gasteiger partial charge in [0.15, 0.2) is 0 Å². The van der Waals surface area contributed by atoms with Crippen molar-refractivity contribution in [3.8, 4) is 0 Å². The summed E-state index contributed by atoms with van der Waals surface area (Å²) < 4.78 is 1.40. The van der Waals surface area contributed by atoms with Crippen LogP contribution >= 0.6 is 0 Å². The normalized spacial score (nSPS) is 10.6. The summed E-state index contributed by atoms with van der Waals surface area (Å²) in [7, 11) is 0. The standard InChI is InChI=1S/C11H10N2O3/c1-7-5-9-3-4-12(8(2)14)11(9)6-10(7)13(15)16/h3-6H,1-2H3. The van der Waals surface area contributed by atoms with Gasteiger partial charge in [-0.25, -0.2) is 0 Å². The predicted octanol–water partition coefficient (Wildman–Crippen LogP) is 2.52. The molecule has 0 radical (unpaired) electrons. The van der Waals surface area contributed by atoms with Crippen LogP contribution in [0.5, 0.6) is 0 Å². The molecular weight excluding hydrogens is 208 g/mol. The van der Waals surface area contributed by atoms with E-state index in [9.17, 15) is 14.9 Å². The number of benzene rings is 1. The number of aryl methyl sites for hydroxylation is 1. The molecule has 0 N–H and O–H groups in total. The third-order valence-electron chi connectivity index (χ3n) is 2.54. The summed E-state index contributed by atoms with van der Waals surface area (Å²) in [6.45, 7) is 3.10. The van der Waals surface area contributed by atoms with E-state index in [1.54, 1.807) is 25.3 Å². The van der Waals surface area contributed by atoms with Crippen LogP contribution in [0.3, 0.4) is 0 Å². The molecule has 1 heterocycles. The number of nitrogens with zero attached hydrogens (tertiary/aromatic N) is 2. The molecule has 0 unspecified atom stereocenters. The van der Waals surface area contributed by atoms with Crippen LogP contribution in [-0.2, 0) is 0 Å². The van der Waals surface area contributed by atoms with Gasteiger partial charge in [-0.2, -0.15) is 0 Å². The van der Waals surface area contributed by atoms with Crippen LogP contribution in [0.15, 0.2) is 24.4 Å². The lowest BCUT2D eigenvalue weighted by Crippen LogP contribution is -2.03. The zero-order valence-corrected chi connectivity index (χ0v) is 8.93. The van der Waals surface area contributed by atoms with Crippen LogP contribution in [0.2, 0.25) is 0 Å². The summed E-state index contributed by atoms with van der Waals surface area (Å²) >= 11 is 0. The third-order valence-corrected chi connectivity index (χ3v) is 2.54. The molecule has 0 fully saturated rings. The summed E-state index contributed by atoms with van der Waals surface area (Å²) in [5.74, 6) is -0.159. The maximum absolute atomic E-state index is 11.3. The summed E-state index contributed by atoms with van der Waals surface area (Å²) in [4.78, 5) is 21.6. The quantitative estimate of drug-likeness (QED) is 0.545. The highest BCUT2D eigenvalue weighted by molar-refractivity contribution is 5.93. The molecule has 0 aliphatic rings. The largest absolute Gasteiger partial charge is 0.287 e. The van der Waals surface area contributed by atoms with Crippen molar-refractivity contribution in [3.63, 3.8) is 0 Å². The molecule has 2 aromatic rings. The lowest BCUT2D eigenvalue weighted by molar-refractivity contribution is -0.385. The van der Waals surface area contributed by atoms with E-state index in [0.717, 1.165) is 5.39 Å². The summed E-state index contributed by atoms with van der Waals surface area (Å²) in [5, 5.41) is 11.6. The zero-order chi connectivity index (χ0) is 11.9. The molecule has 0 atom stereocenters. The number of nitro groups is 1. The monoisotopic (exact) mass is 218 g/mol. The second-order valence-electron chi connectivity index (χ2n) is 3.66. The van der Waals surface area contributed by atoms with Crippen molar-refractivity contribution in [2.45, 2.75) is 13.8 Å². The maximum atomic E-state index is 11.3. The molecule has 0 saturated carbocycles. The fourth-order valence-corrected chi connectivity index (χ4v) is 1.76. The number of carbonyl (C=O) groups excluding carboxylic acids is 1. The second-order valence-corrected chi connectivity index (χ2v) is 3.66. The van der Waals surface area contributed by atoms with Gasteiger partial charge in [-0.15, -0.1) is 0 Å². The molecule has 0 spiro atoms. The predicted molar refractivity (Wildman–Crippen MR) is 59.6 cm³/mol. The van der Waals surface area contributed by atoms with Gasteiger partial charge in [-0.1, -0.05) is 0 Å². The minimum absolute atomic E-state index is 0.0358. The van der Waals surface area contributed by atoms with E-state index < -0.39 is 4.92 Å².